The number of piperidine rings is 1. The molecule has 0 aromatic carbocycles. The molecular formula is C12H20N4O. The van der Waals surface area contributed by atoms with E-state index in [1.165, 1.54) is 12.8 Å². The lowest BCUT2D eigenvalue weighted by Crippen LogP contribution is -2.36. The quantitative estimate of drug-likeness (QED) is 0.820. The van der Waals surface area contributed by atoms with E-state index in [1.807, 2.05) is 13.1 Å². The van der Waals surface area contributed by atoms with E-state index in [4.69, 9.17) is 5.11 Å². The van der Waals surface area contributed by atoms with Gasteiger partial charge in [-0.1, -0.05) is 0 Å². The zero-order chi connectivity index (χ0) is 12.1. The van der Waals surface area contributed by atoms with Crippen molar-refractivity contribution >= 4 is 11.6 Å². The Bertz CT molecular complexity index is 356. The predicted octanol–water partition coefficient (Wildman–Crippen LogP) is 1.12. The van der Waals surface area contributed by atoms with Crippen LogP contribution in [0.2, 0.25) is 0 Å². The van der Waals surface area contributed by atoms with Gasteiger partial charge in [0.25, 0.3) is 0 Å². The molecule has 1 unspecified atom stereocenters. The highest BCUT2D eigenvalue weighted by Gasteiger charge is 2.20. The van der Waals surface area contributed by atoms with Crippen LogP contribution in [0, 0.1) is 5.92 Å². The molecule has 1 aliphatic heterocycles. The number of rotatable bonds is 4. The molecule has 1 atom stereocenters. The first-order valence-corrected chi connectivity index (χ1v) is 6.19. The van der Waals surface area contributed by atoms with E-state index in [2.05, 4.69) is 20.2 Å². The molecule has 94 valence electrons. The lowest BCUT2D eigenvalue weighted by Gasteiger charge is -2.33. The van der Waals surface area contributed by atoms with Gasteiger partial charge in [0.15, 0.2) is 0 Å². The Labute approximate surface area is 102 Å². The van der Waals surface area contributed by atoms with Crippen LogP contribution in [0.5, 0.6) is 0 Å². The molecule has 0 saturated carbocycles. The van der Waals surface area contributed by atoms with Gasteiger partial charge in [-0.3, -0.25) is 0 Å². The molecule has 5 heteroatoms. The van der Waals surface area contributed by atoms with Gasteiger partial charge in [-0.15, -0.1) is 0 Å². The van der Waals surface area contributed by atoms with Crippen molar-refractivity contribution in [2.75, 3.05) is 37.0 Å². The zero-order valence-electron chi connectivity index (χ0n) is 10.3. The summed E-state index contributed by atoms with van der Waals surface area (Å²) in [4.78, 5) is 10.7. The Hall–Kier alpha value is -1.36. The fourth-order valence-electron chi connectivity index (χ4n) is 2.35. The molecule has 2 rings (SSSR count). The third kappa shape index (κ3) is 3.06. The summed E-state index contributed by atoms with van der Waals surface area (Å²) in [6.45, 7) is 2.31. The van der Waals surface area contributed by atoms with Crippen LogP contribution in [0.25, 0.3) is 0 Å². The Morgan fingerprint density at radius 3 is 3.18 bits per heavy atom. The van der Waals surface area contributed by atoms with Crippen molar-refractivity contribution in [2.45, 2.75) is 19.3 Å². The average molecular weight is 236 g/mol. The largest absolute Gasteiger partial charge is 0.396 e. The van der Waals surface area contributed by atoms with Gasteiger partial charge >= 0.3 is 0 Å². The van der Waals surface area contributed by atoms with Crippen molar-refractivity contribution < 1.29 is 5.11 Å². The van der Waals surface area contributed by atoms with Gasteiger partial charge in [0.2, 0.25) is 0 Å². The Balaban J connectivity index is 2.05. The SMILES string of the molecule is CNc1cc(N2CCCC(CCO)C2)ncn1. The van der Waals surface area contributed by atoms with Crippen LogP contribution >= 0.6 is 0 Å². The lowest BCUT2D eigenvalue weighted by atomic mass is 9.95. The van der Waals surface area contributed by atoms with Crippen LogP contribution in [0.4, 0.5) is 11.6 Å². The summed E-state index contributed by atoms with van der Waals surface area (Å²) in [5.74, 6) is 2.41. The molecule has 5 nitrogen and oxygen atoms in total. The summed E-state index contributed by atoms with van der Waals surface area (Å²) < 4.78 is 0. The topological polar surface area (TPSA) is 61.3 Å². The highest BCUT2D eigenvalue weighted by Crippen LogP contribution is 2.24. The molecular weight excluding hydrogens is 216 g/mol. The van der Waals surface area contributed by atoms with Gasteiger partial charge in [0.1, 0.15) is 18.0 Å². The fraction of sp³-hybridized carbons (Fsp3) is 0.667. The minimum absolute atomic E-state index is 0.282. The number of hydrogen-bond acceptors (Lipinski definition) is 5. The first-order chi connectivity index (χ1) is 8.33. The second kappa shape index (κ2) is 5.82. The van der Waals surface area contributed by atoms with Gasteiger partial charge in [-0.25, -0.2) is 9.97 Å². The van der Waals surface area contributed by atoms with Gasteiger partial charge < -0.3 is 15.3 Å². The van der Waals surface area contributed by atoms with Gasteiger partial charge in [-0.2, -0.15) is 0 Å². The van der Waals surface area contributed by atoms with Crippen LogP contribution in [0.15, 0.2) is 12.4 Å². The summed E-state index contributed by atoms with van der Waals surface area (Å²) in [5.41, 5.74) is 0. The van der Waals surface area contributed by atoms with E-state index in [1.54, 1.807) is 6.33 Å². The molecule has 1 aliphatic rings. The third-order valence-corrected chi connectivity index (χ3v) is 3.29. The summed E-state index contributed by atoms with van der Waals surface area (Å²) >= 11 is 0. The number of nitrogens with zero attached hydrogens (tertiary/aromatic N) is 3. The molecule has 17 heavy (non-hydrogen) atoms. The number of nitrogens with one attached hydrogen (secondary N) is 1. The van der Waals surface area contributed by atoms with E-state index in [-0.39, 0.29) is 6.61 Å². The maximum Gasteiger partial charge on any atom is 0.134 e. The molecule has 0 aliphatic carbocycles. The average Bonchev–Trinajstić information content (AvgIpc) is 2.40. The number of hydrogen-bond donors (Lipinski definition) is 2. The highest BCUT2D eigenvalue weighted by atomic mass is 16.3. The molecule has 1 fully saturated rings. The summed E-state index contributed by atoms with van der Waals surface area (Å²) in [6.07, 6.45) is 4.86. The Morgan fingerprint density at radius 2 is 2.41 bits per heavy atom. The van der Waals surface area contributed by atoms with Crippen LogP contribution in [0.3, 0.4) is 0 Å². The van der Waals surface area contributed by atoms with Gasteiger partial charge in [-0.05, 0) is 25.2 Å². The Morgan fingerprint density at radius 1 is 1.53 bits per heavy atom. The smallest absolute Gasteiger partial charge is 0.134 e. The third-order valence-electron chi connectivity index (χ3n) is 3.29. The molecule has 2 heterocycles. The minimum atomic E-state index is 0.282. The first-order valence-electron chi connectivity index (χ1n) is 6.19. The zero-order valence-corrected chi connectivity index (χ0v) is 10.3. The fourth-order valence-corrected chi connectivity index (χ4v) is 2.35. The lowest BCUT2D eigenvalue weighted by molar-refractivity contribution is 0.244. The van der Waals surface area contributed by atoms with Crippen LogP contribution in [-0.4, -0.2) is 41.8 Å². The molecule has 0 radical (unpaired) electrons. The van der Waals surface area contributed by atoms with E-state index < -0.39 is 0 Å². The number of aliphatic hydroxyl groups is 1. The van der Waals surface area contributed by atoms with E-state index in [0.717, 1.165) is 31.1 Å². The van der Waals surface area contributed by atoms with Crippen LogP contribution in [-0.2, 0) is 0 Å². The van der Waals surface area contributed by atoms with E-state index in [0.29, 0.717) is 5.92 Å². The molecule has 0 amide bonds. The minimum Gasteiger partial charge on any atom is -0.396 e. The Kier molecular flexibility index (Phi) is 4.14. The van der Waals surface area contributed by atoms with Crippen molar-refractivity contribution in [3.05, 3.63) is 12.4 Å². The number of aromatic nitrogens is 2. The standard InChI is InChI=1S/C12H20N4O/c1-13-11-7-12(15-9-14-11)16-5-2-3-10(8-16)4-6-17/h7,9-10,17H,2-6,8H2,1H3,(H,13,14,15). The first kappa shape index (κ1) is 12.1. The maximum atomic E-state index is 9.00. The molecule has 0 spiro atoms. The van der Waals surface area contributed by atoms with Gasteiger partial charge in [0.05, 0.1) is 0 Å². The summed E-state index contributed by atoms with van der Waals surface area (Å²) in [6, 6.07) is 1.97. The maximum absolute atomic E-state index is 9.00. The van der Waals surface area contributed by atoms with Crippen molar-refractivity contribution in [1.82, 2.24) is 9.97 Å². The van der Waals surface area contributed by atoms with Crippen molar-refractivity contribution in [1.29, 1.82) is 0 Å². The molecule has 1 aromatic heterocycles. The van der Waals surface area contributed by atoms with Crippen LogP contribution in [0.1, 0.15) is 19.3 Å². The van der Waals surface area contributed by atoms with Crippen LogP contribution < -0.4 is 10.2 Å². The van der Waals surface area contributed by atoms with Crippen molar-refractivity contribution in [2.24, 2.45) is 5.92 Å². The monoisotopic (exact) mass is 236 g/mol. The highest BCUT2D eigenvalue weighted by molar-refractivity contribution is 5.48. The summed E-state index contributed by atoms with van der Waals surface area (Å²) in [7, 11) is 1.86. The number of anilines is 2. The van der Waals surface area contributed by atoms with E-state index in [9.17, 15) is 0 Å². The second-order valence-corrected chi connectivity index (χ2v) is 4.48. The van der Waals surface area contributed by atoms with E-state index >= 15 is 0 Å². The predicted molar refractivity (Wildman–Crippen MR) is 68.2 cm³/mol. The molecule has 1 saturated heterocycles. The number of aliphatic hydroxyl groups excluding tert-OH is 1. The van der Waals surface area contributed by atoms with Crippen molar-refractivity contribution in [3.8, 4) is 0 Å². The molecule has 0 bridgehead atoms. The normalized spacial score (nSPS) is 20.4. The summed E-state index contributed by atoms with van der Waals surface area (Å²) in [5, 5.41) is 12.0. The molecule has 1 aromatic rings. The van der Waals surface area contributed by atoms with Crippen molar-refractivity contribution in [3.63, 3.8) is 0 Å². The van der Waals surface area contributed by atoms with Gasteiger partial charge in [0, 0.05) is 32.8 Å². The molecule has 2 N–H and O–H groups in total. The second-order valence-electron chi connectivity index (χ2n) is 4.48.